The zero-order chi connectivity index (χ0) is 10.7. The van der Waals surface area contributed by atoms with Gasteiger partial charge in [-0.25, -0.2) is 13.6 Å². The van der Waals surface area contributed by atoms with E-state index in [0.29, 0.717) is 0 Å². The van der Waals surface area contributed by atoms with Crippen molar-refractivity contribution in [2.75, 3.05) is 0 Å². The van der Waals surface area contributed by atoms with Crippen molar-refractivity contribution in [1.82, 2.24) is 0 Å². The van der Waals surface area contributed by atoms with Crippen molar-refractivity contribution in [2.24, 2.45) is 4.99 Å². The summed E-state index contributed by atoms with van der Waals surface area (Å²) in [6, 6.07) is 1.64. The van der Waals surface area contributed by atoms with Gasteiger partial charge in [0.25, 0.3) is 0 Å². The fraction of sp³-hybridized carbons (Fsp3) is 0.111. The van der Waals surface area contributed by atoms with Crippen molar-refractivity contribution in [1.29, 1.82) is 0 Å². The first-order valence-electron chi connectivity index (χ1n) is 3.64. The molecule has 0 fully saturated rings. The summed E-state index contributed by atoms with van der Waals surface area (Å²) in [5, 5.41) is 0. The Morgan fingerprint density at radius 2 is 1.86 bits per heavy atom. The highest BCUT2D eigenvalue weighted by atomic mass is 19.1. The summed E-state index contributed by atoms with van der Waals surface area (Å²) in [6.07, 6.45) is 1.02. The Morgan fingerprint density at radius 1 is 1.36 bits per heavy atom. The zero-order valence-electron chi connectivity index (χ0n) is 7.17. The Kier molecular flexibility index (Phi) is 2.84. The molecule has 5 heteroatoms. The highest BCUT2D eigenvalue weighted by Crippen LogP contribution is 2.23. The van der Waals surface area contributed by atoms with E-state index in [4.69, 9.17) is 0 Å². The second-order valence-corrected chi connectivity index (χ2v) is 2.55. The van der Waals surface area contributed by atoms with E-state index >= 15 is 0 Å². The molecule has 0 aliphatic heterocycles. The second-order valence-electron chi connectivity index (χ2n) is 2.55. The van der Waals surface area contributed by atoms with E-state index in [2.05, 4.69) is 4.99 Å². The molecule has 0 radical (unpaired) electrons. The van der Waals surface area contributed by atoms with Gasteiger partial charge >= 0.3 is 0 Å². The fourth-order valence-electron chi connectivity index (χ4n) is 0.921. The Morgan fingerprint density at radius 3 is 2.21 bits per heavy atom. The van der Waals surface area contributed by atoms with Gasteiger partial charge in [-0.2, -0.15) is 4.99 Å². The zero-order valence-corrected chi connectivity index (χ0v) is 7.17. The van der Waals surface area contributed by atoms with E-state index < -0.39 is 23.1 Å². The Bertz CT molecular complexity index is 413. The topological polar surface area (TPSA) is 46.5 Å². The molecule has 0 aromatic heterocycles. The minimum absolute atomic E-state index is 0.107. The third kappa shape index (κ3) is 1.89. The Balaban J connectivity index is 3.39. The van der Waals surface area contributed by atoms with Gasteiger partial charge in [0.15, 0.2) is 17.4 Å². The molecule has 1 rings (SSSR count). The number of nitrogens with zero attached hydrogens (tertiary/aromatic N) is 1. The molecule has 14 heavy (non-hydrogen) atoms. The molecular formula is C9H5F2NO2. The van der Waals surface area contributed by atoms with Crippen molar-refractivity contribution < 1.29 is 18.4 Å². The SMILES string of the molecule is CC(=O)c1cc(F)c(N=C=O)c(F)c1. The van der Waals surface area contributed by atoms with Crippen LogP contribution in [0.25, 0.3) is 0 Å². The van der Waals surface area contributed by atoms with E-state index in [1.165, 1.54) is 6.92 Å². The monoisotopic (exact) mass is 197 g/mol. The van der Waals surface area contributed by atoms with Crippen LogP contribution in [0.3, 0.4) is 0 Å². The summed E-state index contributed by atoms with van der Waals surface area (Å²) >= 11 is 0. The predicted molar refractivity (Wildman–Crippen MR) is 44.1 cm³/mol. The fourth-order valence-corrected chi connectivity index (χ4v) is 0.921. The largest absolute Gasteiger partial charge is 0.295 e. The number of rotatable bonds is 2. The maximum atomic E-state index is 13.0. The minimum Gasteiger partial charge on any atom is -0.295 e. The molecule has 0 N–H and O–H groups in total. The molecule has 0 saturated heterocycles. The molecule has 0 spiro atoms. The van der Waals surface area contributed by atoms with E-state index in [1.54, 1.807) is 0 Å². The Labute approximate surface area is 78.1 Å². The van der Waals surface area contributed by atoms with E-state index in [1.807, 2.05) is 0 Å². The maximum Gasteiger partial charge on any atom is 0.240 e. The van der Waals surface area contributed by atoms with Crippen LogP contribution in [0.2, 0.25) is 0 Å². The summed E-state index contributed by atoms with van der Waals surface area (Å²) in [4.78, 5) is 23.4. The molecule has 3 nitrogen and oxygen atoms in total. The van der Waals surface area contributed by atoms with Gasteiger partial charge in [-0.15, -0.1) is 0 Å². The van der Waals surface area contributed by atoms with Crippen LogP contribution in [0.15, 0.2) is 17.1 Å². The number of benzene rings is 1. The summed E-state index contributed by atoms with van der Waals surface area (Å²) in [5.74, 6) is -2.58. The lowest BCUT2D eigenvalue weighted by atomic mass is 10.1. The Hall–Kier alpha value is -1.87. The highest BCUT2D eigenvalue weighted by Gasteiger charge is 2.12. The van der Waals surface area contributed by atoms with Gasteiger partial charge in [-0.3, -0.25) is 4.79 Å². The first kappa shape index (κ1) is 10.2. The normalized spacial score (nSPS) is 9.36. The maximum absolute atomic E-state index is 13.0. The third-order valence-electron chi connectivity index (χ3n) is 1.58. The standard InChI is InChI=1S/C9H5F2NO2/c1-5(14)6-2-7(10)9(12-4-13)8(11)3-6/h2-3H,1H3. The number of ketones is 1. The number of aliphatic imine (C=N–C) groups is 1. The van der Waals surface area contributed by atoms with Crippen LogP contribution in [-0.2, 0) is 4.79 Å². The van der Waals surface area contributed by atoms with Crippen LogP contribution in [-0.4, -0.2) is 11.9 Å². The van der Waals surface area contributed by atoms with Crippen molar-refractivity contribution in [3.63, 3.8) is 0 Å². The lowest BCUT2D eigenvalue weighted by Crippen LogP contribution is -1.95. The first-order valence-corrected chi connectivity index (χ1v) is 3.64. The lowest BCUT2D eigenvalue weighted by molar-refractivity contribution is 0.101. The van der Waals surface area contributed by atoms with Gasteiger partial charge in [-0.1, -0.05) is 0 Å². The molecule has 0 atom stereocenters. The number of carbonyl (C=O) groups excluding carboxylic acids is 2. The highest BCUT2D eigenvalue weighted by molar-refractivity contribution is 5.94. The molecule has 0 amide bonds. The molecule has 0 aliphatic carbocycles. The predicted octanol–water partition coefficient (Wildman–Crippen LogP) is 2.13. The molecule has 0 unspecified atom stereocenters. The molecule has 0 saturated carbocycles. The van der Waals surface area contributed by atoms with Crippen LogP contribution in [0.5, 0.6) is 0 Å². The summed E-state index contributed by atoms with van der Waals surface area (Å²) in [5.41, 5.74) is -0.838. The number of hydrogen-bond donors (Lipinski definition) is 0. The van der Waals surface area contributed by atoms with Crippen molar-refractivity contribution in [3.05, 3.63) is 29.3 Å². The molecule has 1 aromatic rings. The number of isocyanates is 1. The van der Waals surface area contributed by atoms with Gasteiger partial charge in [0.05, 0.1) is 0 Å². The van der Waals surface area contributed by atoms with Crippen LogP contribution >= 0.6 is 0 Å². The van der Waals surface area contributed by atoms with Crippen LogP contribution in [0.1, 0.15) is 17.3 Å². The van der Waals surface area contributed by atoms with Crippen molar-refractivity contribution in [3.8, 4) is 0 Å². The molecule has 0 heterocycles. The van der Waals surface area contributed by atoms with Gasteiger partial charge < -0.3 is 0 Å². The van der Waals surface area contributed by atoms with Crippen molar-refractivity contribution in [2.45, 2.75) is 6.92 Å². The third-order valence-corrected chi connectivity index (χ3v) is 1.58. The number of hydrogen-bond acceptors (Lipinski definition) is 3. The molecule has 0 bridgehead atoms. The van der Waals surface area contributed by atoms with E-state index in [9.17, 15) is 18.4 Å². The first-order chi connectivity index (χ1) is 6.56. The van der Waals surface area contributed by atoms with Crippen LogP contribution in [0.4, 0.5) is 14.5 Å². The second kappa shape index (κ2) is 3.89. The number of carbonyl (C=O) groups is 1. The minimum atomic E-state index is -1.06. The van der Waals surface area contributed by atoms with Gasteiger partial charge in [0.2, 0.25) is 6.08 Å². The quantitative estimate of drug-likeness (QED) is 0.414. The number of Topliss-reactive ketones (excluding diaryl/α,β-unsaturated/α-hetero) is 1. The molecular weight excluding hydrogens is 192 g/mol. The smallest absolute Gasteiger partial charge is 0.240 e. The molecule has 72 valence electrons. The summed E-state index contributed by atoms with van der Waals surface area (Å²) in [7, 11) is 0. The van der Waals surface area contributed by atoms with Gasteiger partial charge in [-0.05, 0) is 19.1 Å². The van der Waals surface area contributed by atoms with Crippen molar-refractivity contribution >= 4 is 17.6 Å². The van der Waals surface area contributed by atoms with Crippen LogP contribution in [0, 0.1) is 11.6 Å². The number of halogens is 2. The average molecular weight is 197 g/mol. The molecule has 1 aromatic carbocycles. The van der Waals surface area contributed by atoms with Gasteiger partial charge in [0.1, 0.15) is 5.69 Å². The molecule has 0 aliphatic rings. The van der Waals surface area contributed by atoms with Crippen LogP contribution < -0.4 is 0 Å². The lowest BCUT2D eigenvalue weighted by Gasteiger charge is -1.99. The van der Waals surface area contributed by atoms with E-state index in [-0.39, 0.29) is 5.56 Å². The summed E-state index contributed by atoms with van der Waals surface area (Å²) in [6.45, 7) is 1.18. The average Bonchev–Trinajstić information content (AvgIpc) is 2.10. The summed E-state index contributed by atoms with van der Waals surface area (Å²) < 4.78 is 26.0. The van der Waals surface area contributed by atoms with Gasteiger partial charge in [0, 0.05) is 5.56 Å². The van der Waals surface area contributed by atoms with E-state index in [0.717, 1.165) is 18.2 Å².